The minimum absolute atomic E-state index is 0.0432. The fourth-order valence-electron chi connectivity index (χ4n) is 2.92. The number of hydrogen-bond donors (Lipinski definition) is 1. The van der Waals surface area contributed by atoms with Crippen LogP contribution in [0.3, 0.4) is 0 Å². The Morgan fingerprint density at radius 2 is 1.95 bits per heavy atom. The van der Waals surface area contributed by atoms with Crippen LogP contribution in [0.5, 0.6) is 5.75 Å². The number of methoxy groups -OCH3 is 1. The quantitative estimate of drug-likeness (QED) is 0.924. The molecule has 1 saturated heterocycles. The first-order valence-electron chi connectivity index (χ1n) is 6.62. The van der Waals surface area contributed by atoms with Gasteiger partial charge in [-0.1, -0.05) is 24.6 Å². The molecule has 5 unspecified atom stereocenters. The van der Waals surface area contributed by atoms with Gasteiger partial charge in [0.1, 0.15) is 5.75 Å². The molecule has 0 amide bonds. The van der Waals surface area contributed by atoms with E-state index >= 15 is 0 Å². The number of halogens is 1. The van der Waals surface area contributed by atoms with E-state index in [1.165, 1.54) is 0 Å². The first-order chi connectivity index (χ1) is 8.95. The average molecular weight is 285 g/mol. The summed E-state index contributed by atoms with van der Waals surface area (Å²) in [6.07, 6.45) is -0.355. The number of aliphatic hydroxyl groups is 1. The van der Waals surface area contributed by atoms with Gasteiger partial charge in [0.05, 0.1) is 30.4 Å². The molecule has 2 rings (SSSR count). The molecule has 1 aliphatic heterocycles. The summed E-state index contributed by atoms with van der Waals surface area (Å²) in [5, 5.41) is 11.2. The summed E-state index contributed by atoms with van der Waals surface area (Å²) in [7, 11) is 1.57. The van der Waals surface area contributed by atoms with Crippen molar-refractivity contribution >= 4 is 11.6 Å². The molecule has 0 aliphatic carbocycles. The highest BCUT2D eigenvalue weighted by atomic mass is 35.5. The molecule has 0 spiro atoms. The van der Waals surface area contributed by atoms with E-state index in [9.17, 15) is 5.11 Å². The molecule has 0 bridgehead atoms. The standard InChI is InChI=1S/C15H21ClO3/c1-8-9(2)19-10(3)14(8)15(17)11-5-6-12(16)13(7-11)18-4/h5-10,14-15,17H,1-4H3. The Balaban J connectivity index is 2.26. The molecule has 1 heterocycles. The average Bonchev–Trinajstić information content (AvgIpc) is 2.63. The van der Waals surface area contributed by atoms with E-state index in [0.717, 1.165) is 5.56 Å². The fourth-order valence-corrected chi connectivity index (χ4v) is 3.12. The molecule has 1 fully saturated rings. The van der Waals surface area contributed by atoms with Crippen LogP contribution in [0.25, 0.3) is 0 Å². The SMILES string of the molecule is COc1cc(C(O)C2C(C)OC(C)C2C)ccc1Cl. The third-order valence-electron chi connectivity index (χ3n) is 4.20. The highest BCUT2D eigenvalue weighted by molar-refractivity contribution is 6.32. The van der Waals surface area contributed by atoms with Gasteiger partial charge in [-0.3, -0.25) is 0 Å². The van der Waals surface area contributed by atoms with E-state index in [1.54, 1.807) is 19.2 Å². The van der Waals surface area contributed by atoms with Crippen LogP contribution < -0.4 is 4.74 Å². The number of benzene rings is 1. The molecule has 0 radical (unpaired) electrons. The third kappa shape index (κ3) is 2.73. The van der Waals surface area contributed by atoms with Gasteiger partial charge in [0.15, 0.2) is 0 Å². The summed E-state index contributed by atoms with van der Waals surface area (Å²) in [5.74, 6) is 0.984. The predicted molar refractivity (Wildman–Crippen MR) is 75.6 cm³/mol. The maximum Gasteiger partial charge on any atom is 0.137 e. The van der Waals surface area contributed by atoms with Crippen molar-refractivity contribution in [3.8, 4) is 5.75 Å². The summed E-state index contributed by atoms with van der Waals surface area (Å²) in [4.78, 5) is 0. The highest BCUT2D eigenvalue weighted by Gasteiger charge is 2.41. The zero-order chi connectivity index (χ0) is 14.2. The summed E-state index contributed by atoms with van der Waals surface area (Å²) >= 11 is 6.01. The van der Waals surface area contributed by atoms with Gasteiger partial charge in [-0.25, -0.2) is 0 Å². The number of rotatable bonds is 3. The largest absolute Gasteiger partial charge is 0.495 e. The topological polar surface area (TPSA) is 38.7 Å². The minimum Gasteiger partial charge on any atom is -0.495 e. The molecule has 5 atom stereocenters. The molecular weight excluding hydrogens is 264 g/mol. The third-order valence-corrected chi connectivity index (χ3v) is 4.51. The van der Waals surface area contributed by atoms with Gasteiger partial charge >= 0.3 is 0 Å². The van der Waals surface area contributed by atoms with E-state index in [4.69, 9.17) is 21.1 Å². The smallest absolute Gasteiger partial charge is 0.137 e. The van der Waals surface area contributed by atoms with E-state index in [1.807, 2.05) is 13.0 Å². The predicted octanol–water partition coefficient (Wildman–Crippen LogP) is 3.44. The van der Waals surface area contributed by atoms with Crippen LogP contribution in [0.1, 0.15) is 32.4 Å². The number of aliphatic hydroxyl groups excluding tert-OH is 1. The van der Waals surface area contributed by atoms with Gasteiger partial charge in [0, 0.05) is 5.92 Å². The first kappa shape index (κ1) is 14.6. The van der Waals surface area contributed by atoms with Gasteiger partial charge in [-0.2, -0.15) is 0 Å². The summed E-state index contributed by atoms with van der Waals surface area (Å²) < 4.78 is 11.0. The van der Waals surface area contributed by atoms with E-state index in [0.29, 0.717) is 16.7 Å². The Hall–Kier alpha value is -0.770. The number of ether oxygens (including phenoxy) is 2. The van der Waals surface area contributed by atoms with Crippen molar-refractivity contribution in [1.29, 1.82) is 0 Å². The molecule has 3 nitrogen and oxygen atoms in total. The van der Waals surface area contributed by atoms with E-state index < -0.39 is 6.10 Å². The van der Waals surface area contributed by atoms with Crippen LogP contribution in [-0.2, 0) is 4.74 Å². The van der Waals surface area contributed by atoms with Crippen LogP contribution in [-0.4, -0.2) is 24.4 Å². The van der Waals surface area contributed by atoms with Gasteiger partial charge in [-0.05, 0) is 37.5 Å². The lowest BCUT2D eigenvalue weighted by Gasteiger charge is -2.25. The summed E-state index contributed by atoms with van der Waals surface area (Å²) in [5.41, 5.74) is 0.822. The monoisotopic (exact) mass is 284 g/mol. The fraction of sp³-hybridized carbons (Fsp3) is 0.600. The highest BCUT2D eigenvalue weighted by Crippen LogP contribution is 2.41. The van der Waals surface area contributed by atoms with Gasteiger partial charge in [0.2, 0.25) is 0 Å². The van der Waals surface area contributed by atoms with E-state index in [2.05, 4.69) is 13.8 Å². The van der Waals surface area contributed by atoms with Gasteiger partial charge < -0.3 is 14.6 Å². The molecule has 106 valence electrons. The second-order valence-electron chi connectivity index (χ2n) is 5.32. The normalized spacial score (nSPS) is 32.3. The first-order valence-corrected chi connectivity index (χ1v) is 7.00. The van der Waals surface area contributed by atoms with Gasteiger partial charge in [-0.15, -0.1) is 0 Å². The zero-order valence-electron chi connectivity index (χ0n) is 11.8. The van der Waals surface area contributed by atoms with Crippen LogP contribution >= 0.6 is 11.6 Å². The van der Waals surface area contributed by atoms with Crippen molar-refractivity contribution in [1.82, 2.24) is 0 Å². The Kier molecular flexibility index (Phi) is 4.39. The molecule has 0 aromatic heterocycles. The molecular formula is C15H21ClO3. The minimum atomic E-state index is -0.568. The Morgan fingerprint density at radius 3 is 2.47 bits per heavy atom. The summed E-state index contributed by atoms with van der Waals surface area (Å²) in [6, 6.07) is 5.40. The van der Waals surface area contributed by atoms with Crippen molar-refractivity contribution in [3.05, 3.63) is 28.8 Å². The lowest BCUT2D eigenvalue weighted by molar-refractivity contribution is 0.0230. The van der Waals surface area contributed by atoms with Crippen LogP contribution in [0.4, 0.5) is 0 Å². The van der Waals surface area contributed by atoms with Crippen molar-refractivity contribution in [2.24, 2.45) is 11.8 Å². The molecule has 19 heavy (non-hydrogen) atoms. The molecule has 4 heteroatoms. The molecule has 0 saturated carbocycles. The zero-order valence-corrected chi connectivity index (χ0v) is 12.5. The van der Waals surface area contributed by atoms with Gasteiger partial charge in [0.25, 0.3) is 0 Å². The Morgan fingerprint density at radius 1 is 1.26 bits per heavy atom. The summed E-state index contributed by atoms with van der Waals surface area (Å²) in [6.45, 7) is 6.19. The van der Waals surface area contributed by atoms with Crippen LogP contribution in [0.2, 0.25) is 5.02 Å². The second-order valence-corrected chi connectivity index (χ2v) is 5.73. The van der Waals surface area contributed by atoms with E-state index in [-0.39, 0.29) is 18.1 Å². The lowest BCUT2D eigenvalue weighted by Crippen LogP contribution is -2.25. The molecule has 1 aliphatic rings. The maximum atomic E-state index is 10.6. The number of hydrogen-bond acceptors (Lipinski definition) is 3. The Bertz CT molecular complexity index is 449. The maximum absolute atomic E-state index is 10.6. The van der Waals surface area contributed by atoms with Crippen LogP contribution in [0.15, 0.2) is 18.2 Å². The van der Waals surface area contributed by atoms with Crippen molar-refractivity contribution < 1.29 is 14.6 Å². The molecule has 1 aromatic carbocycles. The Labute approximate surface area is 119 Å². The lowest BCUT2D eigenvalue weighted by atomic mass is 9.82. The van der Waals surface area contributed by atoms with Crippen molar-refractivity contribution in [3.63, 3.8) is 0 Å². The van der Waals surface area contributed by atoms with Crippen LogP contribution in [0, 0.1) is 11.8 Å². The van der Waals surface area contributed by atoms with Crippen molar-refractivity contribution in [2.75, 3.05) is 7.11 Å². The molecule has 1 aromatic rings. The second kappa shape index (κ2) is 5.70. The van der Waals surface area contributed by atoms with Crippen molar-refractivity contribution in [2.45, 2.75) is 39.1 Å². The molecule has 1 N–H and O–H groups in total.